The summed E-state index contributed by atoms with van der Waals surface area (Å²) < 4.78 is 0. The molecule has 0 aliphatic heterocycles. The Morgan fingerprint density at radius 2 is 1.38 bits per heavy atom. The molecule has 3 aromatic rings. The van der Waals surface area contributed by atoms with Crippen molar-refractivity contribution in [3.8, 4) is 0 Å². The molecule has 3 aromatic carbocycles. The smallest absolute Gasteiger partial charge is 0.300 e. The van der Waals surface area contributed by atoms with E-state index in [1.165, 1.54) is 0 Å². The maximum absolute atomic E-state index is 12.7. The minimum Gasteiger partial charge on any atom is -0.349 e. The third kappa shape index (κ3) is 4.63. The molecular weight excluding hydrogens is 378 g/mol. The number of hydrazine groups is 1. The highest BCUT2D eigenvalue weighted by Crippen LogP contribution is 2.35. The largest absolute Gasteiger partial charge is 0.349 e. The van der Waals surface area contributed by atoms with Gasteiger partial charge in [-0.2, -0.15) is 0 Å². The SMILES string of the molecule is O=C(NNc1ccccc1)c1cc([N+](=O)[O-])cc([N+](=O)[O-])c1Nc1ccccc1. The summed E-state index contributed by atoms with van der Waals surface area (Å²) in [7, 11) is 0. The number of nitrogens with zero attached hydrogens (tertiary/aromatic N) is 2. The van der Waals surface area contributed by atoms with E-state index in [1.807, 2.05) is 0 Å². The standard InChI is InChI=1S/C19H15N5O5/c25-19(22-21-14-9-5-2-6-10-14)16-11-15(23(26)27)12-17(24(28)29)18(16)20-13-7-3-1-4-8-13/h1-12,20-21H,(H,22,25). The van der Waals surface area contributed by atoms with E-state index in [-0.39, 0.29) is 11.3 Å². The number of hydrogen-bond donors (Lipinski definition) is 3. The van der Waals surface area contributed by atoms with E-state index in [1.54, 1.807) is 60.7 Å². The summed E-state index contributed by atoms with van der Waals surface area (Å²) in [6.45, 7) is 0. The second-order valence-electron chi connectivity index (χ2n) is 5.84. The average Bonchev–Trinajstić information content (AvgIpc) is 2.73. The molecule has 0 aromatic heterocycles. The van der Waals surface area contributed by atoms with Crippen LogP contribution in [0.2, 0.25) is 0 Å². The molecule has 0 saturated carbocycles. The first-order chi connectivity index (χ1) is 14.0. The molecule has 0 unspecified atom stereocenters. The second kappa shape index (κ2) is 8.48. The van der Waals surface area contributed by atoms with E-state index >= 15 is 0 Å². The van der Waals surface area contributed by atoms with Crippen LogP contribution in [0.4, 0.5) is 28.4 Å². The van der Waals surface area contributed by atoms with Crippen LogP contribution in [0.5, 0.6) is 0 Å². The van der Waals surface area contributed by atoms with E-state index in [4.69, 9.17) is 0 Å². The Hall–Kier alpha value is -4.47. The van der Waals surface area contributed by atoms with Crippen molar-refractivity contribution in [3.05, 3.63) is 98.6 Å². The van der Waals surface area contributed by atoms with Crippen molar-refractivity contribution in [2.45, 2.75) is 0 Å². The molecule has 10 nitrogen and oxygen atoms in total. The van der Waals surface area contributed by atoms with Crippen LogP contribution in [0, 0.1) is 20.2 Å². The molecule has 3 rings (SSSR count). The lowest BCUT2D eigenvalue weighted by Gasteiger charge is -2.14. The third-order valence-electron chi connectivity index (χ3n) is 3.89. The van der Waals surface area contributed by atoms with Gasteiger partial charge in [-0.25, -0.2) is 0 Å². The van der Waals surface area contributed by atoms with Gasteiger partial charge in [-0.1, -0.05) is 36.4 Å². The predicted molar refractivity (Wildman–Crippen MR) is 107 cm³/mol. The topological polar surface area (TPSA) is 139 Å². The number of non-ortho nitro benzene ring substituents is 1. The average molecular weight is 393 g/mol. The lowest BCUT2D eigenvalue weighted by Crippen LogP contribution is -2.30. The summed E-state index contributed by atoms with van der Waals surface area (Å²) in [5, 5.41) is 25.6. The first-order valence-electron chi connectivity index (χ1n) is 8.36. The van der Waals surface area contributed by atoms with Gasteiger partial charge < -0.3 is 5.32 Å². The van der Waals surface area contributed by atoms with Gasteiger partial charge in [-0.05, 0) is 24.3 Å². The summed E-state index contributed by atoms with van der Waals surface area (Å²) in [4.78, 5) is 33.9. The molecule has 3 N–H and O–H groups in total. The minimum atomic E-state index is -0.791. The zero-order chi connectivity index (χ0) is 20.8. The Balaban J connectivity index is 2.02. The van der Waals surface area contributed by atoms with E-state index in [0.29, 0.717) is 11.4 Å². The third-order valence-corrected chi connectivity index (χ3v) is 3.89. The fourth-order valence-corrected chi connectivity index (χ4v) is 2.56. The van der Waals surface area contributed by atoms with Crippen molar-refractivity contribution in [2.24, 2.45) is 0 Å². The number of rotatable bonds is 7. The van der Waals surface area contributed by atoms with Gasteiger partial charge in [0.05, 0.1) is 27.2 Å². The number of amides is 1. The molecule has 0 spiro atoms. The number of carbonyl (C=O) groups excluding carboxylic acids is 1. The molecular formula is C19H15N5O5. The van der Waals surface area contributed by atoms with Crippen LogP contribution in [-0.4, -0.2) is 15.8 Å². The zero-order valence-electron chi connectivity index (χ0n) is 14.9. The van der Waals surface area contributed by atoms with Crippen molar-refractivity contribution in [1.82, 2.24) is 5.43 Å². The zero-order valence-corrected chi connectivity index (χ0v) is 14.9. The van der Waals surface area contributed by atoms with Gasteiger partial charge in [-0.3, -0.25) is 35.9 Å². The van der Waals surface area contributed by atoms with Crippen molar-refractivity contribution < 1.29 is 14.6 Å². The first kappa shape index (κ1) is 19.3. The van der Waals surface area contributed by atoms with Gasteiger partial charge >= 0.3 is 0 Å². The molecule has 29 heavy (non-hydrogen) atoms. The van der Waals surface area contributed by atoms with Crippen LogP contribution in [0.3, 0.4) is 0 Å². The maximum atomic E-state index is 12.7. The normalized spacial score (nSPS) is 10.1. The number of benzene rings is 3. The van der Waals surface area contributed by atoms with Gasteiger partial charge in [0.2, 0.25) is 0 Å². The van der Waals surface area contributed by atoms with E-state index < -0.39 is 27.1 Å². The minimum absolute atomic E-state index is 0.154. The fraction of sp³-hybridized carbons (Fsp3) is 0. The van der Waals surface area contributed by atoms with Gasteiger partial charge in [0.1, 0.15) is 5.69 Å². The molecule has 0 fully saturated rings. The summed E-state index contributed by atoms with van der Waals surface area (Å²) in [6.07, 6.45) is 0. The summed E-state index contributed by atoms with van der Waals surface area (Å²) in [6, 6.07) is 18.9. The molecule has 0 bridgehead atoms. The second-order valence-corrected chi connectivity index (χ2v) is 5.84. The molecule has 0 aliphatic rings. The fourth-order valence-electron chi connectivity index (χ4n) is 2.56. The molecule has 0 heterocycles. The van der Waals surface area contributed by atoms with Crippen LogP contribution < -0.4 is 16.2 Å². The van der Waals surface area contributed by atoms with Crippen molar-refractivity contribution in [2.75, 3.05) is 10.7 Å². The van der Waals surface area contributed by atoms with Crippen molar-refractivity contribution >= 4 is 34.3 Å². The first-order valence-corrected chi connectivity index (χ1v) is 8.36. The van der Waals surface area contributed by atoms with E-state index in [9.17, 15) is 25.0 Å². The van der Waals surface area contributed by atoms with Gasteiger partial charge in [0.15, 0.2) is 0 Å². The maximum Gasteiger partial charge on any atom is 0.300 e. The van der Waals surface area contributed by atoms with Gasteiger partial charge in [0, 0.05) is 11.8 Å². The Bertz CT molecular complexity index is 1060. The number of para-hydroxylation sites is 2. The number of nitro benzene ring substituents is 2. The van der Waals surface area contributed by atoms with E-state index in [2.05, 4.69) is 16.2 Å². The molecule has 1 amide bonds. The number of carbonyl (C=O) groups is 1. The van der Waals surface area contributed by atoms with Crippen LogP contribution in [0.25, 0.3) is 0 Å². The highest BCUT2D eigenvalue weighted by molar-refractivity contribution is 6.03. The Morgan fingerprint density at radius 1 is 0.793 bits per heavy atom. The molecule has 0 radical (unpaired) electrons. The Labute approximate surface area is 164 Å². The van der Waals surface area contributed by atoms with Crippen LogP contribution in [0.15, 0.2) is 72.8 Å². The molecule has 146 valence electrons. The Kier molecular flexibility index (Phi) is 5.64. The van der Waals surface area contributed by atoms with Crippen LogP contribution in [0.1, 0.15) is 10.4 Å². The lowest BCUT2D eigenvalue weighted by atomic mass is 10.1. The van der Waals surface area contributed by atoms with E-state index in [0.717, 1.165) is 12.1 Å². The highest BCUT2D eigenvalue weighted by Gasteiger charge is 2.27. The monoisotopic (exact) mass is 393 g/mol. The summed E-state index contributed by atoms with van der Waals surface area (Å²) >= 11 is 0. The number of anilines is 3. The molecule has 10 heteroatoms. The lowest BCUT2D eigenvalue weighted by molar-refractivity contribution is -0.393. The highest BCUT2D eigenvalue weighted by atomic mass is 16.6. The molecule has 0 saturated heterocycles. The number of nitrogens with one attached hydrogen (secondary N) is 3. The van der Waals surface area contributed by atoms with Crippen molar-refractivity contribution in [1.29, 1.82) is 0 Å². The summed E-state index contributed by atoms with van der Waals surface area (Å²) in [5.74, 6) is -0.779. The number of hydrogen-bond acceptors (Lipinski definition) is 7. The quantitative estimate of drug-likeness (QED) is 0.407. The molecule has 0 aliphatic carbocycles. The van der Waals surface area contributed by atoms with Gasteiger partial charge in [0.25, 0.3) is 17.3 Å². The summed E-state index contributed by atoms with van der Waals surface area (Å²) in [5.41, 5.74) is 4.55. The predicted octanol–water partition coefficient (Wildman–Crippen LogP) is 4.00. The molecule has 0 atom stereocenters. The Morgan fingerprint density at radius 3 is 1.93 bits per heavy atom. The number of nitro groups is 2. The van der Waals surface area contributed by atoms with Gasteiger partial charge in [-0.15, -0.1) is 0 Å². The van der Waals surface area contributed by atoms with Crippen molar-refractivity contribution in [3.63, 3.8) is 0 Å². The van der Waals surface area contributed by atoms with Crippen LogP contribution >= 0.6 is 0 Å². The van der Waals surface area contributed by atoms with Crippen LogP contribution in [-0.2, 0) is 0 Å².